The number of carbonyl (C=O) groups excluding carboxylic acids is 1. The minimum Gasteiger partial charge on any atom is -0.381 e. The third-order valence-electron chi connectivity index (χ3n) is 5.81. The topological polar surface area (TPSA) is 65.4 Å². The summed E-state index contributed by atoms with van der Waals surface area (Å²) in [5, 5.41) is 7.65. The molecular weight excluding hydrogens is 306 g/mol. The molecule has 132 valence electrons. The van der Waals surface area contributed by atoms with Crippen molar-refractivity contribution >= 4 is 5.91 Å². The molecule has 6 nitrogen and oxygen atoms in total. The molecule has 4 rings (SSSR count). The van der Waals surface area contributed by atoms with Crippen LogP contribution in [0.25, 0.3) is 0 Å². The van der Waals surface area contributed by atoms with Crippen LogP contribution in [0, 0.1) is 0 Å². The molecule has 3 fully saturated rings. The molecule has 1 aromatic rings. The molecule has 1 spiro atoms. The zero-order chi connectivity index (χ0) is 16.4. The summed E-state index contributed by atoms with van der Waals surface area (Å²) in [5.41, 5.74) is 0.606. The summed E-state index contributed by atoms with van der Waals surface area (Å²) < 4.78 is 13.5. The fraction of sp³-hybridized carbons (Fsp3) is 0.778. The van der Waals surface area contributed by atoms with Crippen LogP contribution >= 0.6 is 0 Å². The van der Waals surface area contributed by atoms with Crippen molar-refractivity contribution in [1.29, 1.82) is 0 Å². The van der Waals surface area contributed by atoms with Crippen LogP contribution in [0.4, 0.5) is 0 Å². The molecule has 1 aromatic heterocycles. The molecule has 0 aromatic carbocycles. The quantitative estimate of drug-likeness (QED) is 0.923. The van der Waals surface area contributed by atoms with Gasteiger partial charge in [-0.3, -0.25) is 9.48 Å². The van der Waals surface area contributed by atoms with Gasteiger partial charge in [0, 0.05) is 32.1 Å². The lowest BCUT2D eigenvalue weighted by Gasteiger charge is -2.43. The molecule has 1 aliphatic carbocycles. The molecule has 24 heavy (non-hydrogen) atoms. The van der Waals surface area contributed by atoms with Crippen LogP contribution in [-0.4, -0.2) is 47.2 Å². The van der Waals surface area contributed by atoms with E-state index in [2.05, 4.69) is 10.4 Å². The van der Waals surface area contributed by atoms with Gasteiger partial charge in [0.2, 0.25) is 0 Å². The van der Waals surface area contributed by atoms with Crippen LogP contribution in [0.5, 0.6) is 0 Å². The highest BCUT2D eigenvalue weighted by Gasteiger charge is 2.39. The molecule has 2 aliphatic heterocycles. The maximum atomic E-state index is 12.8. The first-order valence-corrected chi connectivity index (χ1v) is 9.32. The van der Waals surface area contributed by atoms with Crippen molar-refractivity contribution < 1.29 is 14.3 Å². The lowest BCUT2D eigenvalue weighted by molar-refractivity contribution is -0.139. The molecule has 3 heterocycles. The van der Waals surface area contributed by atoms with Crippen LogP contribution in [-0.2, 0) is 9.47 Å². The van der Waals surface area contributed by atoms with Crippen molar-refractivity contribution in [3.05, 3.63) is 18.0 Å². The molecule has 0 bridgehead atoms. The Bertz CT molecular complexity index is 568. The summed E-state index contributed by atoms with van der Waals surface area (Å²) in [6.45, 7) is 2.23. The molecule has 1 unspecified atom stereocenters. The van der Waals surface area contributed by atoms with Crippen molar-refractivity contribution in [2.75, 3.05) is 19.8 Å². The molecule has 6 heteroatoms. The van der Waals surface area contributed by atoms with E-state index in [1.165, 1.54) is 12.8 Å². The van der Waals surface area contributed by atoms with E-state index in [1.54, 1.807) is 6.20 Å². The maximum absolute atomic E-state index is 12.8. The zero-order valence-corrected chi connectivity index (χ0v) is 14.2. The second-order valence-electron chi connectivity index (χ2n) is 7.41. The van der Waals surface area contributed by atoms with Gasteiger partial charge in [0.1, 0.15) is 5.69 Å². The predicted octanol–water partition coefficient (Wildman–Crippen LogP) is 2.46. The first-order chi connectivity index (χ1) is 11.8. The summed E-state index contributed by atoms with van der Waals surface area (Å²) in [7, 11) is 0. The number of ether oxygens (including phenoxy) is 2. The third kappa shape index (κ3) is 3.22. The fourth-order valence-corrected chi connectivity index (χ4v) is 4.44. The fourth-order valence-electron chi connectivity index (χ4n) is 4.44. The Morgan fingerprint density at radius 3 is 2.79 bits per heavy atom. The number of aromatic nitrogens is 2. The standard InChI is InChI=1S/C18H27N3O3/c22-17(16-5-9-19-21(16)15-3-1-2-4-15)20-14-6-10-24-18(13-14)7-11-23-12-8-18/h5,9,14-15H,1-4,6-8,10-13H2,(H,20,22). The van der Waals surface area contributed by atoms with Gasteiger partial charge in [0.05, 0.1) is 11.6 Å². The monoisotopic (exact) mass is 333 g/mol. The molecule has 2 saturated heterocycles. The van der Waals surface area contributed by atoms with E-state index in [9.17, 15) is 4.79 Å². The number of amides is 1. The van der Waals surface area contributed by atoms with Crippen LogP contribution in [0.2, 0.25) is 0 Å². The van der Waals surface area contributed by atoms with Crippen LogP contribution in [0.3, 0.4) is 0 Å². The van der Waals surface area contributed by atoms with Gasteiger partial charge < -0.3 is 14.8 Å². The summed E-state index contributed by atoms with van der Waals surface area (Å²) in [6.07, 6.45) is 10.1. The first-order valence-electron chi connectivity index (χ1n) is 9.32. The Labute approximate surface area is 142 Å². The van der Waals surface area contributed by atoms with Crippen LogP contribution < -0.4 is 5.32 Å². The summed E-state index contributed by atoms with van der Waals surface area (Å²) in [6, 6.07) is 2.41. The van der Waals surface area contributed by atoms with Gasteiger partial charge >= 0.3 is 0 Å². The largest absolute Gasteiger partial charge is 0.381 e. The van der Waals surface area contributed by atoms with E-state index >= 15 is 0 Å². The maximum Gasteiger partial charge on any atom is 0.269 e. The Morgan fingerprint density at radius 1 is 1.21 bits per heavy atom. The van der Waals surface area contributed by atoms with Crippen molar-refractivity contribution in [3.63, 3.8) is 0 Å². The van der Waals surface area contributed by atoms with Gasteiger partial charge in [-0.25, -0.2) is 0 Å². The summed E-state index contributed by atoms with van der Waals surface area (Å²) in [4.78, 5) is 12.8. The van der Waals surface area contributed by atoms with Gasteiger partial charge in [-0.1, -0.05) is 12.8 Å². The normalized spacial score (nSPS) is 27.4. The Morgan fingerprint density at radius 2 is 2.00 bits per heavy atom. The SMILES string of the molecule is O=C(NC1CCOC2(CCOCC2)C1)c1ccnn1C1CCCC1. The van der Waals surface area contributed by atoms with E-state index in [1.807, 2.05) is 10.7 Å². The average Bonchev–Trinajstić information content (AvgIpc) is 3.27. The number of hydrogen-bond acceptors (Lipinski definition) is 4. The number of hydrogen-bond donors (Lipinski definition) is 1. The van der Waals surface area contributed by atoms with Crippen LogP contribution in [0.15, 0.2) is 12.3 Å². The van der Waals surface area contributed by atoms with E-state index < -0.39 is 0 Å². The lowest BCUT2D eigenvalue weighted by atomic mass is 9.84. The van der Waals surface area contributed by atoms with Crippen molar-refractivity contribution in [2.24, 2.45) is 0 Å². The van der Waals surface area contributed by atoms with Gasteiger partial charge in [0.15, 0.2) is 0 Å². The molecule has 3 aliphatic rings. The van der Waals surface area contributed by atoms with E-state index in [4.69, 9.17) is 9.47 Å². The second-order valence-corrected chi connectivity index (χ2v) is 7.41. The molecule has 1 amide bonds. The van der Waals surface area contributed by atoms with E-state index in [0.29, 0.717) is 18.3 Å². The van der Waals surface area contributed by atoms with Crippen LogP contribution in [0.1, 0.15) is 67.9 Å². The highest BCUT2D eigenvalue weighted by atomic mass is 16.5. The highest BCUT2D eigenvalue weighted by Crippen LogP contribution is 2.34. The first kappa shape index (κ1) is 16.1. The molecule has 0 radical (unpaired) electrons. The Balaban J connectivity index is 1.41. The number of nitrogens with one attached hydrogen (secondary N) is 1. The second kappa shape index (κ2) is 6.84. The molecule has 1 atom stereocenters. The highest BCUT2D eigenvalue weighted by molar-refractivity contribution is 5.92. The molecule has 1 N–H and O–H groups in total. The zero-order valence-electron chi connectivity index (χ0n) is 14.2. The minimum atomic E-state index is -0.0971. The number of nitrogens with zero attached hydrogens (tertiary/aromatic N) is 2. The van der Waals surface area contributed by atoms with Gasteiger partial charge in [-0.15, -0.1) is 0 Å². The molecular formula is C18H27N3O3. The number of rotatable bonds is 3. The minimum absolute atomic E-state index is 0.00788. The van der Waals surface area contributed by atoms with Crippen molar-refractivity contribution in [2.45, 2.75) is 69.1 Å². The van der Waals surface area contributed by atoms with Gasteiger partial charge in [0.25, 0.3) is 5.91 Å². The van der Waals surface area contributed by atoms with Gasteiger partial charge in [-0.2, -0.15) is 5.10 Å². The van der Waals surface area contributed by atoms with E-state index in [0.717, 1.165) is 51.7 Å². The predicted molar refractivity (Wildman–Crippen MR) is 89.0 cm³/mol. The summed E-state index contributed by atoms with van der Waals surface area (Å²) in [5.74, 6) is 0.00788. The van der Waals surface area contributed by atoms with Gasteiger partial charge in [-0.05, 0) is 44.6 Å². The third-order valence-corrected chi connectivity index (χ3v) is 5.81. The Hall–Kier alpha value is -1.40. The molecule has 1 saturated carbocycles. The Kier molecular flexibility index (Phi) is 4.59. The summed E-state index contributed by atoms with van der Waals surface area (Å²) >= 11 is 0. The average molecular weight is 333 g/mol. The number of carbonyl (C=O) groups is 1. The smallest absolute Gasteiger partial charge is 0.269 e. The van der Waals surface area contributed by atoms with Crippen molar-refractivity contribution in [1.82, 2.24) is 15.1 Å². The van der Waals surface area contributed by atoms with Crippen molar-refractivity contribution in [3.8, 4) is 0 Å². The lowest BCUT2D eigenvalue weighted by Crippen LogP contribution is -2.51. The van der Waals surface area contributed by atoms with E-state index in [-0.39, 0.29) is 17.6 Å².